The number of carbonyl (C=O) groups is 3. The van der Waals surface area contributed by atoms with Crippen molar-refractivity contribution in [3.05, 3.63) is 12.7 Å². The number of rotatable bonds is 14. The maximum absolute atomic E-state index is 15.2. The molecule has 0 bridgehead atoms. The fourth-order valence-electron chi connectivity index (χ4n) is 11.9. The van der Waals surface area contributed by atoms with E-state index in [2.05, 4.69) is 33.7 Å². The van der Waals surface area contributed by atoms with Crippen molar-refractivity contribution in [3.63, 3.8) is 0 Å². The van der Waals surface area contributed by atoms with Crippen LogP contribution in [0.3, 0.4) is 0 Å². The molecule has 4 saturated heterocycles. The van der Waals surface area contributed by atoms with Crippen LogP contribution in [-0.2, 0) is 58.8 Å². The summed E-state index contributed by atoms with van der Waals surface area (Å²) in [6.45, 7) is 23.6. The van der Waals surface area contributed by atoms with Crippen molar-refractivity contribution >= 4 is 46.5 Å². The number of likely N-dealkylation sites (N-methyl/N-ethyl adjacent to an activating group) is 1. The normalized spacial score (nSPS) is 41.4. The van der Waals surface area contributed by atoms with Crippen LogP contribution >= 0.6 is 11.8 Å². The number of esters is 2. The van der Waals surface area contributed by atoms with Gasteiger partial charge in [-0.3, -0.25) is 14.4 Å². The molecular weight excluding hydrogens is 925 g/mol. The highest BCUT2D eigenvalue weighted by atomic mass is 32.2. The van der Waals surface area contributed by atoms with Crippen molar-refractivity contribution in [1.29, 1.82) is 0 Å². The second kappa shape index (κ2) is 22.6. The van der Waals surface area contributed by atoms with E-state index < -0.39 is 113 Å². The molecule has 0 aliphatic carbocycles. The Hall–Kier alpha value is -3.05. The van der Waals surface area contributed by atoms with Crippen molar-refractivity contribution in [1.82, 2.24) is 24.4 Å². The molecule has 6 heterocycles. The third kappa shape index (κ3) is 11.4. The lowest BCUT2D eigenvalue weighted by Gasteiger charge is -2.50. The Kier molecular flexibility index (Phi) is 18.2. The van der Waals surface area contributed by atoms with Crippen LogP contribution in [0.4, 0.5) is 5.82 Å². The molecular formula is C50H82N6O13S. The van der Waals surface area contributed by atoms with Crippen LogP contribution in [-0.4, -0.2) is 169 Å². The second-order valence-electron chi connectivity index (χ2n) is 21.6. The van der Waals surface area contributed by atoms with Gasteiger partial charge in [0.25, 0.3) is 0 Å². The van der Waals surface area contributed by atoms with E-state index in [4.69, 9.17) is 43.6 Å². The monoisotopic (exact) mass is 1010 g/mol. The van der Waals surface area contributed by atoms with Gasteiger partial charge in [-0.25, -0.2) is 15.0 Å². The first-order chi connectivity index (χ1) is 32.8. The van der Waals surface area contributed by atoms with Gasteiger partial charge >= 0.3 is 11.9 Å². The summed E-state index contributed by atoms with van der Waals surface area (Å²) >= 11 is 1.37. The number of aromatic nitrogens is 4. The van der Waals surface area contributed by atoms with E-state index in [9.17, 15) is 15.0 Å². The molecule has 4 fully saturated rings. The van der Waals surface area contributed by atoms with Gasteiger partial charge in [-0.1, -0.05) is 41.5 Å². The summed E-state index contributed by atoms with van der Waals surface area (Å²) in [6.07, 6.45) is -4.03. The Balaban J connectivity index is 1.42. The Morgan fingerprint density at radius 2 is 1.63 bits per heavy atom. The Morgan fingerprint density at radius 1 is 0.943 bits per heavy atom. The molecule has 70 heavy (non-hydrogen) atoms. The minimum Gasteiger partial charge on any atom is -0.458 e. The molecule has 396 valence electrons. The Bertz CT molecular complexity index is 2120. The molecule has 2 aromatic heterocycles. The number of hydrogen-bond donors (Lipinski definition) is 3. The first-order valence-electron chi connectivity index (χ1n) is 25.1. The van der Waals surface area contributed by atoms with Gasteiger partial charge in [0, 0.05) is 69.2 Å². The lowest BCUT2D eigenvalue weighted by Crippen LogP contribution is -2.61. The standard InChI is InChI=1S/C50H82N6O13S/c1-16-33-50(12)35(40(46(61)69-50)70-18-17-56-24-54-36-43(51)52-23-53-44(36)56)28(6)37(57)26(4)20-49(11,63-15)42(68-47-38(58)32(19-27(5)64-47)55(13)22-25(2)3)29(7)39(30(8)45(60)66-33)67-34-21-48(10,62-14)41(59)31(9)65-34/h23-35,38-42,47,58-59H,16-22H2,1-15H3,(H2,51,52,53)/t26-,27-,28-,29+,30-,31+,32+,33-,34+,35+,38-,39+,40+,41+,42-,47+,48-,49-,50-/m1/s1. The maximum Gasteiger partial charge on any atom is 0.320 e. The Labute approximate surface area is 418 Å². The highest BCUT2D eigenvalue weighted by molar-refractivity contribution is 8.00. The summed E-state index contributed by atoms with van der Waals surface area (Å²) in [7, 11) is 5.07. The SMILES string of the molecule is CC[C@H]1OC(=O)[C@H](C)[C@@H](O[C@H]2C[C@@](C)(OC)[C@@H](O)[C@H](C)O2)[C@H](C)[C@@H](O[C@@H]2O[C@H](C)C[C@H](N(C)CC(C)C)[C@H]2O)[C@](C)(OC)C[C@@H](C)C(=O)[C@H](C)[C@H]2[C@H](SCCn3cnc4c(N)ncnc43)C(=O)O[C@@]21C. The van der Waals surface area contributed by atoms with E-state index in [0.29, 0.717) is 35.8 Å². The van der Waals surface area contributed by atoms with Gasteiger partial charge in [-0.15, -0.1) is 11.8 Å². The van der Waals surface area contributed by atoms with E-state index in [-0.39, 0.29) is 43.0 Å². The lowest BCUT2D eigenvalue weighted by atomic mass is 9.70. The van der Waals surface area contributed by atoms with Crippen LogP contribution in [0.25, 0.3) is 11.2 Å². The highest BCUT2D eigenvalue weighted by Gasteiger charge is 2.62. The number of hydrogen-bond acceptors (Lipinski definition) is 19. The molecule has 19 nitrogen and oxygen atoms in total. The van der Waals surface area contributed by atoms with Crippen LogP contribution in [0.5, 0.6) is 0 Å². The van der Waals surface area contributed by atoms with Gasteiger partial charge in [-0.2, -0.15) is 0 Å². The smallest absolute Gasteiger partial charge is 0.320 e. The van der Waals surface area contributed by atoms with Gasteiger partial charge in [0.15, 0.2) is 29.6 Å². The van der Waals surface area contributed by atoms with Gasteiger partial charge < -0.3 is 63.3 Å². The number of aliphatic hydroxyl groups excluding tert-OH is 2. The fourth-order valence-corrected chi connectivity index (χ4v) is 13.3. The minimum absolute atomic E-state index is 0.119. The number of Topliss-reactive ketones (excluding diaryl/α,β-unsaturated/α-hetero) is 1. The number of nitrogen functional groups attached to an aromatic ring is 1. The van der Waals surface area contributed by atoms with E-state index in [1.807, 2.05) is 53.2 Å². The average molecular weight is 1010 g/mol. The maximum atomic E-state index is 15.2. The zero-order valence-corrected chi connectivity index (χ0v) is 44.8. The van der Waals surface area contributed by atoms with Crippen molar-refractivity contribution in [2.24, 2.45) is 35.5 Å². The number of nitrogens with zero attached hydrogens (tertiary/aromatic N) is 5. The van der Waals surface area contributed by atoms with Crippen LogP contribution in [0.2, 0.25) is 0 Å². The van der Waals surface area contributed by atoms with Crippen molar-refractivity contribution < 1.29 is 62.5 Å². The van der Waals surface area contributed by atoms with E-state index in [1.165, 1.54) is 25.2 Å². The number of fused-ring (bicyclic) bond motifs is 2. The zero-order valence-electron chi connectivity index (χ0n) is 44.0. The molecule has 19 atom stereocenters. The van der Waals surface area contributed by atoms with Crippen LogP contribution < -0.4 is 5.73 Å². The second-order valence-corrected chi connectivity index (χ2v) is 22.9. The number of imidazole rings is 1. The molecule has 0 saturated carbocycles. The Morgan fingerprint density at radius 3 is 2.27 bits per heavy atom. The fraction of sp³-hybridized carbons (Fsp3) is 0.840. The molecule has 6 rings (SSSR count). The number of aryl methyl sites for hydroxylation is 1. The van der Waals surface area contributed by atoms with Gasteiger partial charge in [0.1, 0.15) is 41.2 Å². The number of methoxy groups -OCH3 is 2. The van der Waals surface area contributed by atoms with E-state index >= 15 is 9.59 Å². The first kappa shape index (κ1) is 56.2. The summed E-state index contributed by atoms with van der Waals surface area (Å²) in [5, 5.41) is 22.5. The molecule has 20 heteroatoms. The van der Waals surface area contributed by atoms with Crippen molar-refractivity contribution in [3.8, 4) is 0 Å². The third-order valence-electron chi connectivity index (χ3n) is 15.9. The van der Waals surface area contributed by atoms with E-state index in [1.54, 1.807) is 41.1 Å². The number of aliphatic hydroxyl groups is 2. The zero-order chi connectivity index (χ0) is 51.8. The van der Waals surface area contributed by atoms with Gasteiger partial charge in [0.2, 0.25) is 0 Å². The first-order valence-corrected chi connectivity index (χ1v) is 26.2. The summed E-state index contributed by atoms with van der Waals surface area (Å²) in [4.78, 5) is 59.4. The molecule has 0 aromatic carbocycles. The van der Waals surface area contributed by atoms with Crippen LogP contribution in [0.1, 0.15) is 109 Å². The number of anilines is 1. The molecule has 4 aliphatic heterocycles. The highest BCUT2D eigenvalue weighted by Crippen LogP contribution is 2.49. The molecule has 0 spiro atoms. The lowest BCUT2D eigenvalue weighted by molar-refractivity contribution is -0.319. The van der Waals surface area contributed by atoms with Gasteiger partial charge in [0.05, 0.1) is 47.9 Å². The quantitative estimate of drug-likeness (QED) is 0.215. The van der Waals surface area contributed by atoms with Gasteiger partial charge in [-0.05, 0) is 73.8 Å². The average Bonchev–Trinajstić information content (AvgIpc) is 3.84. The number of carbonyl (C=O) groups excluding carboxylic acids is 3. The van der Waals surface area contributed by atoms with Crippen molar-refractivity contribution in [2.45, 2.75) is 199 Å². The largest absolute Gasteiger partial charge is 0.458 e. The number of ether oxygens (including phenoxy) is 8. The minimum atomic E-state index is -1.41. The molecule has 2 aromatic rings. The van der Waals surface area contributed by atoms with Crippen molar-refractivity contribution in [2.75, 3.05) is 39.3 Å². The topological polar surface area (TPSA) is 238 Å². The predicted octanol–water partition coefficient (Wildman–Crippen LogP) is 4.81. The molecule has 0 amide bonds. The molecule has 0 unspecified atom stereocenters. The summed E-state index contributed by atoms with van der Waals surface area (Å²) in [5.74, 6) is -4.17. The molecule has 0 radical (unpaired) electrons. The van der Waals surface area contributed by atoms with Crippen LogP contribution in [0.15, 0.2) is 12.7 Å². The number of cyclic esters (lactones) is 1. The number of ketones is 1. The molecule has 4 N–H and O–H groups in total. The number of nitrogens with two attached hydrogens (primary N) is 1. The number of thioether (sulfide) groups is 1. The summed E-state index contributed by atoms with van der Waals surface area (Å²) < 4.78 is 53.9. The summed E-state index contributed by atoms with van der Waals surface area (Å²) in [6, 6.07) is -0.300. The van der Waals surface area contributed by atoms with Crippen LogP contribution in [0, 0.1) is 35.5 Å². The predicted molar refractivity (Wildman–Crippen MR) is 262 cm³/mol. The summed E-state index contributed by atoms with van der Waals surface area (Å²) in [5.41, 5.74) is 3.34. The third-order valence-corrected chi connectivity index (χ3v) is 17.1. The molecule has 4 aliphatic rings. The van der Waals surface area contributed by atoms with E-state index in [0.717, 1.165) is 6.54 Å².